The molecule has 3 aromatic carbocycles. The second-order valence-electron chi connectivity index (χ2n) is 11.1. The monoisotopic (exact) mass is 636 g/mol. The molecule has 1 fully saturated rings. The summed E-state index contributed by atoms with van der Waals surface area (Å²) in [6.07, 6.45) is -0.684. The first-order chi connectivity index (χ1) is 21.6. The Hall–Kier alpha value is -4.32. The van der Waals surface area contributed by atoms with Gasteiger partial charge in [0.2, 0.25) is 0 Å². The topological polar surface area (TPSA) is 84.6 Å². The first-order valence-electron chi connectivity index (χ1n) is 14.8. The predicted molar refractivity (Wildman–Crippen MR) is 172 cm³/mol. The smallest absolute Gasteiger partial charge is 0.406 e. The van der Waals surface area contributed by atoms with Gasteiger partial charge in [-0.3, -0.25) is 0 Å². The third-order valence-electron chi connectivity index (χ3n) is 7.33. The fraction of sp³-hybridized carbons (Fsp3) is 0.333. The molecule has 2 amide bonds. The van der Waals surface area contributed by atoms with Crippen LogP contribution in [0.4, 0.5) is 23.7 Å². The number of aromatic nitrogens is 3. The van der Waals surface area contributed by atoms with Crippen molar-refractivity contribution in [2.75, 3.05) is 17.2 Å². The van der Waals surface area contributed by atoms with E-state index in [-0.39, 0.29) is 17.8 Å². The summed E-state index contributed by atoms with van der Waals surface area (Å²) in [6, 6.07) is 21.3. The number of hydrogen-bond donors (Lipinski definition) is 1. The molecule has 12 heteroatoms. The summed E-state index contributed by atoms with van der Waals surface area (Å²) < 4.78 is 42.6. The van der Waals surface area contributed by atoms with Crippen molar-refractivity contribution < 1.29 is 22.7 Å². The second kappa shape index (κ2) is 14.2. The van der Waals surface area contributed by atoms with Crippen molar-refractivity contribution in [3.05, 3.63) is 90.3 Å². The van der Waals surface area contributed by atoms with Crippen molar-refractivity contribution in [3.63, 3.8) is 0 Å². The van der Waals surface area contributed by atoms with Crippen LogP contribution in [0.2, 0.25) is 0 Å². The Morgan fingerprint density at radius 3 is 2.49 bits per heavy atom. The first-order valence-corrected chi connectivity index (χ1v) is 15.8. The zero-order chi connectivity index (χ0) is 32.0. The lowest BCUT2D eigenvalue weighted by molar-refractivity contribution is -0.274. The Labute approximate surface area is 264 Å². The van der Waals surface area contributed by atoms with Gasteiger partial charge >= 0.3 is 12.4 Å². The highest BCUT2D eigenvalue weighted by Crippen LogP contribution is 2.32. The van der Waals surface area contributed by atoms with Crippen molar-refractivity contribution >= 4 is 28.6 Å². The minimum absolute atomic E-state index is 0.0221. The molecule has 1 aliphatic heterocycles. The second-order valence-corrected chi connectivity index (χ2v) is 12.2. The Morgan fingerprint density at radius 1 is 1.04 bits per heavy atom. The number of ether oxygens (including phenoxy) is 1. The maximum atomic E-state index is 12.8. The molecule has 0 radical (unpaired) electrons. The molecule has 2 heterocycles. The van der Waals surface area contributed by atoms with E-state index in [1.54, 1.807) is 11.8 Å². The number of halogens is 3. The molecular weight excluding hydrogens is 601 g/mol. The van der Waals surface area contributed by atoms with Crippen molar-refractivity contribution in [2.24, 2.45) is 4.99 Å². The summed E-state index contributed by atoms with van der Waals surface area (Å²) in [6.45, 7) is 7.16. The molecule has 0 aliphatic carbocycles. The highest BCUT2D eigenvalue weighted by Gasteiger charge is 2.31. The number of aryl methyl sites for hydroxylation is 1. The molecule has 236 valence electrons. The fourth-order valence-electron chi connectivity index (χ4n) is 5.09. The van der Waals surface area contributed by atoms with Gasteiger partial charge < -0.3 is 15.0 Å². The van der Waals surface area contributed by atoms with Gasteiger partial charge in [-0.05, 0) is 73.6 Å². The summed E-state index contributed by atoms with van der Waals surface area (Å²) >= 11 is 1.60. The summed E-state index contributed by atoms with van der Waals surface area (Å²) in [5, 5.41) is 8.21. The SMILES string of the molecule is CC(CCCc1ccc(-c2ncn(-c3ccc(OC(F)(F)F)cc3)n2)cc1)NC(=O)N=C1SCCN1c1ccccc1C(C)C. The van der Waals surface area contributed by atoms with Gasteiger partial charge in [0.05, 0.1) is 5.69 Å². The minimum Gasteiger partial charge on any atom is -0.406 e. The van der Waals surface area contributed by atoms with Crippen LogP contribution in [0.1, 0.15) is 50.7 Å². The third kappa shape index (κ3) is 8.65. The molecular formula is C33H35F3N6O2S. The maximum Gasteiger partial charge on any atom is 0.573 e. The number of anilines is 1. The quantitative estimate of drug-likeness (QED) is 0.190. The lowest BCUT2D eigenvalue weighted by Gasteiger charge is -2.23. The van der Waals surface area contributed by atoms with E-state index < -0.39 is 6.36 Å². The third-order valence-corrected chi connectivity index (χ3v) is 8.29. The molecule has 1 atom stereocenters. The molecule has 4 aromatic rings. The lowest BCUT2D eigenvalue weighted by atomic mass is 10.0. The zero-order valence-electron chi connectivity index (χ0n) is 25.3. The van der Waals surface area contributed by atoms with Gasteiger partial charge in [0.15, 0.2) is 11.0 Å². The average molecular weight is 637 g/mol. The Kier molecular flexibility index (Phi) is 10.1. The number of carbonyl (C=O) groups is 1. The van der Waals surface area contributed by atoms with Gasteiger partial charge in [0.25, 0.3) is 0 Å². The molecule has 0 bridgehead atoms. The molecule has 1 aromatic heterocycles. The Morgan fingerprint density at radius 2 is 1.78 bits per heavy atom. The van der Waals surface area contributed by atoms with Gasteiger partial charge in [-0.15, -0.1) is 18.3 Å². The van der Waals surface area contributed by atoms with E-state index >= 15 is 0 Å². The van der Waals surface area contributed by atoms with Crippen LogP contribution in [0.25, 0.3) is 17.1 Å². The van der Waals surface area contributed by atoms with Crippen molar-refractivity contribution in [1.29, 1.82) is 0 Å². The van der Waals surface area contributed by atoms with Crippen LogP contribution in [-0.2, 0) is 6.42 Å². The van der Waals surface area contributed by atoms with Crippen LogP contribution in [0.5, 0.6) is 5.75 Å². The van der Waals surface area contributed by atoms with Gasteiger partial charge in [0, 0.05) is 29.6 Å². The summed E-state index contributed by atoms with van der Waals surface area (Å²) in [5.74, 6) is 1.47. The number of nitrogens with zero attached hydrogens (tertiary/aromatic N) is 5. The van der Waals surface area contributed by atoms with Crippen LogP contribution in [0, 0.1) is 0 Å². The van der Waals surface area contributed by atoms with Gasteiger partial charge in [-0.2, -0.15) is 4.99 Å². The first kappa shape index (κ1) is 32.1. The van der Waals surface area contributed by atoms with Gasteiger partial charge in [-0.25, -0.2) is 14.5 Å². The molecule has 1 saturated heterocycles. The number of para-hydroxylation sites is 1. The van der Waals surface area contributed by atoms with Crippen LogP contribution < -0.4 is 15.0 Å². The number of nitrogens with one attached hydrogen (secondary N) is 1. The van der Waals surface area contributed by atoms with Crippen LogP contribution in [-0.4, -0.2) is 50.7 Å². The molecule has 1 aliphatic rings. The average Bonchev–Trinajstić information content (AvgIpc) is 3.67. The number of urea groups is 1. The highest BCUT2D eigenvalue weighted by atomic mass is 32.2. The van der Waals surface area contributed by atoms with Gasteiger partial charge in [0.1, 0.15) is 12.1 Å². The number of amidine groups is 1. The largest absolute Gasteiger partial charge is 0.573 e. The zero-order valence-corrected chi connectivity index (χ0v) is 26.1. The van der Waals surface area contributed by atoms with Crippen molar-refractivity contribution in [1.82, 2.24) is 20.1 Å². The number of aliphatic imine (C=N–C) groups is 1. The molecule has 1 unspecified atom stereocenters. The van der Waals surface area contributed by atoms with E-state index in [1.165, 1.54) is 40.8 Å². The molecule has 1 N–H and O–H groups in total. The predicted octanol–water partition coefficient (Wildman–Crippen LogP) is 7.99. The standard InChI is InChI=1S/C33H35F3N6O2S/c1-22(2)28-9-4-5-10-29(28)41-19-20-45-32(41)39-31(43)38-23(3)7-6-8-24-11-13-25(14-12-24)30-37-21-42(40-30)26-15-17-27(18-16-26)44-33(34,35)36/h4-5,9-18,21-23H,6-8,19-20H2,1-3H3,(H,38,43). The fourth-order valence-corrected chi connectivity index (χ4v) is 6.04. The van der Waals surface area contributed by atoms with Crippen molar-refractivity contribution in [3.8, 4) is 22.8 Å². The van der Waals surface area contributed by atoms with E-state index in [0.717, 1.165) is 53.5 Å². The Balaban J connectivity index is 1.10. The number of hydrogen-bond acceptors (Lipinski definition) is 5. The van der Waals surface area contributed by atoms with Crippen LogP contribution in [0.15, 0.2) is 84.1 Å². The highest BCUT2D eigenvalue weighted by molar-refractivity contribution is 8.14. The summed E-state index contributed by atoms with van der Waals surface area (Å²) in [4.78, 5) is 23.7. The van der Waals surface area contributed by atoms with E-state index in [1.807, 2.05) is 43.3 Å². The lowest BCUT2D eigenvalue weighted by Crippen LogP contribution is -2.33. The number of benzene rings is 3. The molecule has 0 saturated carbocycles. The molecule has 45 heavy (non-hydrogen) atoms. The van der Waals surface area contributed by atoms with Gasteiger partial charge in [-0.1, -0.05) is 68.1 Å². The molecule has 0 spiro atoms. The normalized spacial score (nSPS) is 15.1. The van der Waals surface area contributed by atoms with E-state index in [2.05, 4.69) is 56.0 Å². The maximum absolute atomic E-state index is 12.8. The van der Waals surface area contributed by atoms with E-state index in [9.17, 15) is 18.0 Å². The number of rotatable bonds is 10. The summed E-state index contributed by atoms with van der Waals surface area (Å²) in [7, 11) is 0. The van der Waals surface area contributed by atoms with Crippen LogP contribution >= 0.6 is 11.8 Å². The van der Waals surface area contributed by atoms with E-state index in [4.69, 9.17) is 0 Å². The van der Waals surface area contributed by atoms with E-state index in [0.29, 0.717) is 17.4 Å². The Bertz CT molecular complexity index is 1620. The number of carbonyl (C=O) groups excluding carboxylic acids is 1. The number of amides is 2. The summed E-state index contributed by atoms with van der Waals surface area (Å²) in [5.41, 5.74) is 4.89. The number of alkyl halides is 3. The number of thioether (sulfide) groups is 1. The molecule has 5 rings (SSSR count). The van der Waals surface area contributed by atoms with Crippen LogP contribution in [0.3, 0.4) is 0 Å². The minimum atomic E-state index is -4.74. The molecule has 8 nitrogen and oxygen atoms in total. The van der Waals surface area contributed by atoms with Crippen molar-refractivity contribution in [2.45, 2.75) is 58.4 Å².